The molecule has 20 heavy (non-hydrogen) atoms. The van der Waals surface area contributed by atoms with Crippen LogP contribution in [0, 0.1) is 5.92 Å². The highest BCUT2D eigenvalue weighted by Gasteiger charge is 2.18. The second-order valence-corrected chi connectivity index (χ2v) is 4.75. The molecule has 0 aliphatic carbocycles. The quantitative estimate of drug-likeness (QED) is 0.801. The summed E-state index contributed by atoms with van der Waals surface area (Å²) >= 11 is 0. The SMILES string of the molecule is CCN(CC(C)C(=O)O)C(=O)NCCc1ccccc1. The van der Waals surface area contributed by atoms with Crippen LogP contribution in [-0.2, 0) is 11.2 Å². The molecule has 1 unspecified atom stereocenters. The topological polar surface area (TPSA) is 69.6 Å². The number of carbonyl (C=O) groups is 2. The lowest BCUT2D eigenvalue weighted by Crippen LogP contribution is -2.43. The van der Waals surface area contributed by atoms with E-state index in [1.807, 2.05) is 37.3 Å². The molecule has 5 nitrogen and oxygen atoms in total. The normalized spacial score (nSPS) is 11.7. The van der Waals surface area contributed by atoms with Crippen molar-refractivity contribution in [2.45, 2.75) is 20.3 Å². The predicted octanol–water partition coefficient (Wildman–Crippen LogP) is 1.98. The molecular formula is C15H22N2O3. The molecule has 5 heteroatoms. The van der Waals surface area contributed by atoms with Gasteiger partial charge in [-0.1, -0.05) is 37.3 Å². The maximum Gasteiger partial charge on any atom is 0.317 e. The molecule has 1 atom stereocenters. The largest absolute Gasteiger partial charge is 0.481 e. The van der Waals surface area contributed by atoms with Gasteiger partial charge in [-0.05, 0) is 18.9 Å². The van der Waals surface area contributed by atoms with Crippen molar-refractivity contribution < 1.29 is 14.7 Å². The lowest BCUT2D eigenvalue weighted by atomic mass is 10.1. The van der Waals surface area contributed by atoms with Crippen molar-refractivity contribution in [3.63, 3.8) is 0 Å². The second kappa shape index (κ2) is 8.19. The van der Waals surface area contributed by atoms with Gasteiger partial charge < -0.3 is 15.3 Å². The number of rotatable bonds is 7. The van der Waals surface area contributed by atoms with Gasteiger partial charge in [0.15, 0.2) is 0 Å². The van der Waals surface area contributed by atoms with Gasteiger partial charge in [-0.15, -0.1) is 0 Å². The maximum absolute atomic E-state index is 11.9. The predicted molar refractivity (Wildman–Crippen MR) is 77.6 cm³/mol. The number of nitrogens with zero attached hydrogens (tertiary/aromatic N) is 1. The van der Waals surface area contributed by atoms with E-state index in [0.29, 0.717) is 13.1 Å². The summed E-state index contributed by atoms with van der Waals surface area (Å²) in [6.07, 6.45) is 0.763. The van der Waals surface area contributed by atoms with Crippen LogP contribution in [-0.4, -0.2) is 41.6 Å². The molecule has 0 aliphatic rings. The summed E-state index contributed by atoms with van der Waals surface area (Å²) in [5.74, 6) is -1.45. The molecule has 1 rings (SSSR count). The highest BCUT2D eigenvalue weighted by atomic mass is 16.4. The van der Waals surface area contributed by atoms with Crippen molar-refractivity contribution in [3.05, 3.63) is 35.9 Å². The first-order valence-electron chi connectivity index (χ1n) is 6.84. The molecule has 0 spiro atoms. The van der Waals surface area contributed by atoms with E-state index < -0.39 is 11.9 Å². The molecule has 0 saturated heterocycles. The Morgan fingerprint density at radius 2 is 1.95 bits per heavy atom. The molecule has 0 aliphatic heterocycles. The molecule has 0 aromatic heterocycles. The minimum absolute atomic E-state index is 0.212. The van der Waals surface area contributed by atoms with Crippen molar-refractivity contribution >= 4 is 12.0 Å². The van der Waals surface area contributed by atoms with E-state index in [1.54, 1.807) is 6.92 Å². The Morgan fingerprint density at radius 1 is 1.30 bits per heavy atom. The standard InChI is InChI=1S/C15H22N2O3/c1-3-17(11-12(2)14(18)19)15(20)16-10-9-13-7-5-4-6-8-13/h4-8,12H,3,9-11H2,1-2H3,(H,16,20)(H,18,19). The summed E-state index contributed by atoms with van der Waals surface area (Å²) < 4.78 is 0. The molecule has 110 valence electrons. The lowest BCUT2D eigenvalue weighted by molar-refractivity contribution is -0.141. The zero-order chi connectivity index (χ0) is 15.0. The molecule has 2 N–H and O–H groups in total. The van der Waals surface area contributed by atoms with Gasteiger partial charge in [-0.25, -0.2) is 4.79 Å². The highest BCUT2D eigenvalue weighted by Crippen LogP contribution is 2.02. The average Bonchev–Trinajstić information content (AvgIpc) is 2.45. The Morgan fingerprint density at radius 3 is 2.50 bits per heavy atom. The summed E-state index contributed by atoms with van der Waals surface area (Å²) in [6, 6.07) is 9.69. The first kappa shape index (κ1) is 16.0. The van der Waals surface area contributed by atoms with E-state index in [4.69, 9.17) is 5.11 Å². The highest BCUT2D eigenvalue weighted by molar-refractivity contribution is 5.75. The maximum atomic E-state index is 11.9. The van der Waals surface area contributed by atoms with Crippen LogP contribution in [0.1, 0.15) is 19.4 Å². The lowest BCUT2D eigenvalue weighted by Gasteiger charge is -2.23. The van der Waals surface area contributed by atoms with Crippen LogP contribution < -0.4 is 5.32 Å². The van der Waals surface area contributed by atoms with Crippen LogP contribution in [0.4, 0.5) is 4.79 Å². The average molecular weight is 278 g/mol. The van der Waals surface area contributed by atoms with Gasteiger partial charge in [0.05, 0.1) is 5.92 Å². The Bertz CT molecular complexity index is 434. The fourth-order valence-corrected chi connectivity index (χ4v) is 1.83. The van der Waals surface area contributed by atoms with Crippen molar-refractivity contribution in [3.8, 4) is 0 Å². The molecule has 1 aromatic rings. The second-order valence-electron chi connectivity index (χ2n) is 4.75. The summed E-state index contributed by atoms with van der Waals surface area (Å²) in [5.41, 5.74) is 1.16. The van der Waals surface area contributed by atoms with Gasteiger partial charge in [-0.2, -0.15) is 0 Å². The number of urea groups is 1. The van der Waals surface area contributed by atoms with Crippen molar-refractivity contribution in [1.29, 1.82) is 0 Å². The van der Waals surface area contributed by atoms with E-state index in [2.05, 4.69) is 5.32 Å². The number of hydrogen-bond acceptors (Lipinski definition) is 2. The van der Waals surface area contributed by atoms with Crippen molar-refractivity contribution in [2.24, 2.45) is 5.92 Å². The summed E-state index contributed by atoms with van der Waals surface area (Å²) in [4.78, 5) is 24.3. The number of nitrogens with one attached hydrogen (secondary N) is 1. The minimum Gasteiger partial charge on any atom is -0.481 e. The van der Waals surface area contributed by atoms with Crippen LogP contribution in [0.15, 0.2) is 30.3 Å². The molecule has 0 heterocycles. The van der Waals surface area contributed by atoms with Crippen LogP contribution in [0.5, 0.6) is 0 Å². The third-order valence-electron chi connectivity index (χ3n) is 3.12. The zero-order valence-corrected chi connectivity index (χ0v) is 12.0. The molecule has 0 radical (unpaired) electrons. The number of amides is 2. The number of carboxylic acid groups (broad SMARTS) is 1. The molecule has 1 aromatic carbocycles. The number of hydrogen-bond donors (Lipinski definition) is 2. The van der Waals surface area contributed by atoms with Gasteiger partial charge in [0.25, 0.3) is 0 Å². The summed E-state index contributed by atoms with van der Waals surface area (Å²) in [6.45, 7) is 4.70. The van der Waals surface area contributed by atoms with Crippen LogP contribution >= 0.6 is 0 Å². The fraction of sp³-hybridized carbons (Fsp3) is 0.467. The van der Waals surface area contributed by atoms with E-state index in [9.17, 15) is 9.59 Å². The Hall–Kier alpha value is -2.04. The molecular weight excluding hydrogens is 256 g/mol. The van der Waals surface area contributed by atoms with E-state index in [0.717, 1.165) is 12.0 Å². The van der Waals surface area contributed by atoms with Gasteiger partial charge in [0.2, 0.25) is 0 Å². The Labute approximate surface area is 119 Å². The monoisotopic (exact) mass is 278 g/mol. The van der Waals surface area contributed by atoms with Crippen LogP contribution in [0.25, 0.3) is 0 Å². The van der Waals surface area contributed by atoms with E-state index in [-0.39, 0.29) is 12.6 Å². The molecule has 0 fully saturated rings. The van der Waals surface area contributed by atoms with Gasteiger partial charge in [0.1, 0.15) is 0 Å². The minimum atomic E-state index is -0.888. The fourth-order valence-electron chi connectivity index (χ4n) is 1.83. The Balaban J connectivity index is 2.38. The van der Waals surface area contributed by atoms with Gasteiger partial charge in [0, 0.05) is 19.6 Å². The Kier molecular flexibility index (Phi) is 6.56. The third-order valence-corrected chi connectivity index (χ3v) is 3.12. The van der Waals surface area contributed by atoms with Crippen LogP contribution in [0.2, 0.25) is 0 Å². The molecule has 0 saturated carbocycles. The number of aliphatic carboxylic acids is 1. The summed E-state index contributed by atoms with van der Waals surface area (Å²) in [5, 5.41) is 11.7. The number of carbonyl (C=O) groups excluding carboxylic acids is 1. The van der Waals surface area contributed by atoms with Gasteiger partial charge >= 0.3 is 12.0 Å². The first-order chi connectivity index (χ1) is 9.54. The van der Waals surface area contributed by atoms with Crippen molar-refractivity contribution in [1.82, 2.24) is 10.2 Å². The summed E-state index contributed by atoms with van der Waals surface area (Å²) in [7, 11) is 0. The van der Waals surface area contributed by atoms with Gasteiger partial charge in [-0.3, -0.25) is 4.79 Å². The zero-order valence-electron chi connectivity index (χ0n) is 12.0. The van der Waals surface area contributed by atoms with E-state index in [1.165, 1.54) is 4.90 Å². The molecule has 0 bridgehead atoms. The third kappa shape index (κ3) is 5.30. The number of benzene rings is 1. The molecule has 2 amide bonds. The smallest absolute Gasteiger partial charge is 0.317 e. The number of carboxylic acids is 1. The van der Waals surface area contributed by atoms with Crippen molar-refractivity contribution in [2.75, 3.05) is 19.6 Å². The first-order valence-corrected chi connectivity index (χ1v) is 6.84. The van der Waals surface area contributed by atoms with Crippen LogP contribution in [0.3, 0.4) is 0 Å². The van der Waals surface area contributed by atoms with E-state index >= 15 is 0 Å².